The summed E-state index contributed by atoms with van der Waals surface area (Å²) in [7, 11) is 0. The first-order valence-electron chi connectivity index (χ1n) is 8.17. The van der Waals surface area contributed by atoms with Gasteiger partial charge in [-0.2, -0.15) is 0 Å². The Morgan fingerprint density at radius 3 is 2.30 bits per heavy atom. The Kier molecular flexibility index (Phi) is 8.36. The molecule has 114 valence electrons. The first-order chi connectivity index (χ1) is 9.67. The van der Waals surface area contributed by atoms with Gasteiger partial charge >= 0.3 is 0 Å². The van der Waals surface area contributed by atoms with Gasteiger partial charge in [0, 0.05) is 6.04 Å². The van der Waals surface area contributed by atoms with Gasteiger partial charge in [0.1, 0.15) is 5.75 Å². The number of hydrogen-bond donors (Lipinski definition) is 1. The Labute approximate surface area is 124 Å². The van der Waals surface area contributed by atoms with Gasteiger partial charge in [-0.3, -0.25) is 0 Å². The van der Waals surface area contributed by atoms with Gasteiger partial charge in [-0.15, -0.1) is 0 Å². The van der Waals surface area contributed by atoms with Crippen molar-refractivity contribution in [2.45, 2.75) is 71.9 Å². The van der Waals surface area contributed by atoms with Crippen molar-refractivity contribution in [1.29, 1.82) is 0 Å². The lowest BCUT2D eigenvalue weighted by Crippen LogP contribution is -2.17. The summed E-state index contributed by atoms with van der Waals surface area (Å²) in [4.78, 5) is 0. The van der Waals surface area contributed by atoms with Crippen LogP contribution in [-0.2, 0) is 0 Å². The van der Waals surface area contributed by atoms with E-state index in [9.17, 15) is 0 Å². The topological polar surface area (TPSA) is 21.3 Å². The summed E-state index contributed by atoms with van der Waals surface area (Å²) < 4.78 is 5.97. The largest absolute Gasteiger partial charge is 0.491 e. The zero-order chi connectivity index (χ0) is 14.8. The number of unbranched alkanes of at least 4 members (excludes halogenated alkanes) is 3. The number of hydrogen-bond acceptors (Lipinski definition) is 2. The standard InChI is InChI=1S/C18H31NO/c1-5-7-8-9-10-15(3)20-18-13-11-17(12-14-18)16(4)19-6-2/h11-16,19H,5-10H2,1-4H3. The van der Waals surface area contributed by atoms with Gasteiger partial charge in [0.15, 0.2) is 0 Å². The first-order valence-corrected chi connectivity index (χ1v) is 8.17. The van der Waals surface area contributed by atoms with E-state index in [1.165, 1.54) is 31.2 Å². The molecular formula is C18H31NO. The normalized spacial score (nSPS) is 14.0. The maximum Gasteiger partial charge on any atom is 0.119 e. The van der Waals surface area contributed by atoms with Crippen LogP contribution in [0.1, 0.15) is 71.4 Å². The van der Waals surface area contributed by atoms with Crippen LogP contribution in [0.2, 0.25) is 0 Å². The second-order valence-electron chi connectivity index (χ2n) is 5.63. The van der Waals surface area contributed by atoms with Gasteiger partial charge in [0.2, 0.25) is 0 Å². The Morgan fingerprint density at radius 2 is 1.70 bits per heavy atom. The van der Waals surface area contributed by atoms with E-state index in [-0.39, 0.29) is 0 Å². The molecule has 1 rings (SSSR count). The van der Waals surface area contributed by atoms with Gasteiger partial charge in [0.05, 0.1) is 6.10 Å². The second-order valence-corrected chi connectivity index (χ2v) is 5.63. The van der Waals surface area contributed by atoms with Gasteiger partial charge in [-0.1, -0.05) is 45.2 Å². The van der Waals surface area contributed by atoms with Crippen molar-refractivity contribution in [2.75, 3.05) is 6.54 Å². The zero-order valence-corrected chi connectivity index (χ0v) is 13.6. The molecule has 2 atom stereocenters. The summed E-state index contributed by atoms with van der Waals surface area (Å²) >= 11 is 0. The molecule has 2 heteroatoms. The van der Waals surface area contributed by atoms with Crippen LogP contribution in [0.25, 0.3) is 0 Å². The van der Waals surface area contributed by atoms with Crippen LogP contribution in [0.15, 0.2) is 24.3 Å². The fourth-order valence-corrected chi connectivity index (χ4v) is 2.41. The van der Waals surface area contributed by atoms with Crippen LogP contribution in [0.4, 0.5) is 0 Å². The summed E-state index contributed by atoms with van der Waals surface area (Å²) in [6.07, 6.45) is 6.68. The number of benzene rings is 1. The molecule has 0 saturated heterocycles. The molecule has 2 unspecified atom stereocenters. The van der Waals surface area contributed by atoms with Crippen molar-refractivity contribution in [1.82, 2.24) is 5.32 Å². The molecule has 0 saturated carbocycles. The number of rotatable bonds is 10. The molecule has 0 heterocycles. The van der Waals surface area contributed by atoms with Crippen LogP contribution >= 0.6 is 0 Å². The lowest BCUT2D eigenvalue weighted by Gasteiger charge is -2.16. The Bertz CT molecular complexity index is 347. The highest BCUT2D eigenvalue weighted by molar-refractivity contribution is 5.29. The van der Waals surface area contributed by atoms with E-state index in [2.05, 4.69) is 57.3 Å². The highest BCUT2D eigenvalue weighted by Gasteiger charge is 2.06. The lowest BCUT2D eigenvalue weighted by atomic mass is 10.1. The summed E-state index contributed by atoms with van der Waals surface area (Å²) in [6.45, 7) is 9.73. The van der Waals surface area contributed by atoms with Crippen molar-refractivity contribution < 1.29 is 4.74 Å². The third-order valence-corrected chi connectivity index (χ3v) is 3.69. The van der Waals surface area contributed by atoms with Crippen molar-refractivity contribution in [2.24, 2.45) is 0 Å². The average molecular weight is 277 g/mol. The predicted molar refractivity (Wildman–Crippen MR) is 87.4 cm³/mol. The van der Waals surface area contributed by atoms with Crippen molar-refractivity contribution in [3.05, 3.63) is 29.8 Å². The van der Waals surface area contributed by atoms with Crippen LogP contribution in [-0.4, -0.2) is 12.6 Å². The first kappa shape index (κ1) is 17.0. The summed E-state index contributed by atoms with van der Waals surface area (Å²) in [6, 6.07) is 8.90. The summed E-state index contributed by atoms with van der Waals surface area (Å²) in [5.41, 5.74) is 1.31. The number of nitrogens with one attached hydrogen (secondary N) is 1. The molecule has 0 aliphatic carbocycles. The Morgan fingerprint density at radius 1 is 1.00 bits per heavy atom. The minimum atomic E-state index is 0.309. The molecular weight excluding hydrogens is 246 g/mol. The molecule has 0 spiro atoms. The van der Waals surface area contributed by atoms with E-state index < -0.39 is 0 Å². The van der Waals surface area contributed by atoms with Crippen molar-refractivity contribution in [3.63, 3.8) is 0 Å². The van der Waals surface area contributed by atoms with E-state index in [0.717, 1.165) is 18.7 Å². The monoisotopic (exact) mass is 277 g/mol. The summed E-state index contributed by atoms with van der Waals surface area (Å²) in [5, 5.41) is 3.42. The quantitative estimate of drug-likeness (QED) is 0.601. The van der Waals surface area contributed by atoms with Crippen LogP contribution in [0.3, 0.4) is 0 Å². The van der Waals surface area contributed by atoms with E-state index in [0.29, 0.717) is 12.1 Å². The van der Waals surface area contributed by atoms with E-state index in [1.54, 1.807) is 0 Å². The molecule has 2 nitrogen and oxygen atoms in total. The van der Waals surface area contributed by atoms with Gasteiger partial charge in [-0.25, -0.2) is 0 Å². The third-order valence-electron chi connectivity index (χ3n) is 3.69. The molecule has 0 fully saturated rings. The van der Waals surface area contributed by atoms with Crippen LogP contribution in [0, 0.1) is 0 Å². The SMILES string of the molecule is CCCCCCC(C)Oc1ccc(C(C)NCC)cc1. The minimum absolute atomic E-state index is 0.309. The minimum Gasteiger partial charge on any atom is -0.491 e. The average Bonchev–Trinajstić information content (AvgIpc) is 2.45. The predicted octanol–water partition coefficient (Wildman–Crippen LogP) is 5.09. The lowest BCUT2D eigenvalue weighted by molar-refractivity contribution is 0.206. The van der Waals surface area contributed by atoms with E-state index >= 15 is 0 Å². The zero-order valence-electron chi connectivity index (χ0n) is 13.6. The maximum absolute atomic E-state index is 5.97. The van der Waals surface area contributed by atoms with Crippen LogP contribution in [0.5, 0.6) is 5.75 Å². The fourth-order valence-electron chi connectivity index (χ4n) is 2.41. The van der Waals surface area contributed by atoms with Gasteiger partial charge in [0.25, 0.3) is 0 Å². The molecule has 0 aromatic heterocycles. The van der Waals surface area contributed by atoms with Gasteiger partial charge < -0.3 is 10.1 Å². The smallest absolute Gasteiger partial charge is 0.119 e. The third kappa shape index (κ3) is 6.42. The van der Waals surface area contributed by atoms with Crippen LogP contribution < -0.4 is 10.1 Å². The van der Waals surface area contributed by atoms with Crippen molar-refractivity contribution in [3.8, 4) is 5.75 Å². The second kappa shape index (κ2) is 9.82. The molecule has 0 aliphatic heterocycles. The number of ether oxygens (including phenoxy) is 1. The highest BCUT2D eigenvalue weighted by Crippen LogP contribution is 2.19. The fraction of sp³-hybridized carbons (Fsp3) is 0.667. The highest BCUT2D eigenvalue weighted by atomic mass is 16.5. The summed E-state index contributed by atoms with van der Waals surface area (Å²) in [5.74, 6) is 0.987. The Balaban J connectivity index is 2.36. The molecule has 0 amide bonds. The maximum atomic E-state index is 5.97. The Hall–Kier alpha value is -1.02. The molecule has 1 N–H and O–H groups in total. The molecule has 0 aliphatic rings. The van der Waals surface area contributed by atoms with Crippen molar-refractivity contribution >= 4 is 0 Å². The molecule has 0 bridgehead atoms. The molecule has 20 heavy (non-hydrogen) atoms. The van der Waals surface area contributed by atoms with Gasteiger partial charge in [-0.05, 0) is 50.9 Å². The molecule has 0 radical (unpaired) electrons. The molecule has 1 aromatic carbocycles. The van der Waals surface area contributed by atoms with E-state index in [4.69, 9.17) is 4.74 Å². The van der Waals surface area contributed by atoms with E-state index in [1.807, 2.05) is 0 Å². The molecule has 1 aromatic rings.